The lowest BCUT2D eigenvalue weighted by Gasteiger charge is -2.35. The first-order valence-electron chi connectivity index (χ1n) is 19.4. The Morgan fingerprint density at radius 3 is 1.57 bits per heavy atom. The third-order valence-electron chi connectivity index (χ3n) is 11.9. The monoisotopic (exact) mass is 711 g/mol. The van der Waals surface area contributed by atoms with Crippen LogP contribution in [0, 0.1) is 0 Å². The van der Waals surface area contributed by atoms with E-state index in [0.717, 1.165) is 17.1 Å². The highest BCUT2D eigenvalue weighted by molar-refractivity contribution is 6.09. The van der Waals surface area contributed by atoms with E-state index in [2.05, 4.69) is 229 Å². The van der Waals surface area contributed by atoms with E-state index in [-0.39, 0.29) is 0 Å². The Kier molecular flexibility index (Phi) is 7.47. The van der Waals surface area contributed by atoms with Crippen molar-refractivity contribution in [1.29, 1.82) is 0 Å². The number of anilines is 3. The average molecular weight is 712 g/mol. The number of fused-ring (bicyclic) bond motifs is 7. The SMILES string of the molecule is c1ccc(C2(c3ccccc3)c3ccccc3-c3ccc(N(c4ccc(-c5ccc6ccccc6c5)cc4)c4ccc5ccc6ccccc6c5c4)cc32)cc1. The molecule has 0 aliphatic heterocycles. The van der Waals surface area contributed by atoms with Gasteiger partial charge < -0.3 is 4.90 Å². The summed E-state index contributed by atoms with van der Waals surface area (Å²) in [5, 5.41) is 7.48. The van der Waals surface area contributed by atoms with Crippen molar-refractivity contribution in [3.05, 3.63) is 247 Å². The minimum atomic E-state index is -0.490. The van der Waals surface area contributed by atoms with Crippen LogP contribution in [0.2, 0.25) is 0 Å². The van der Waals surface area contributed by atoms with Crippen LogP contribution in [0.4, 0.5) is 17.1 Å². The molecule has 0 bridgehead atoms. The Bertz CT molecular complexity index is 3030. The molecule has 10 aromatic carbocycles. The molecule has 0 saturated carbocycles. The molecule has 0 N–H and O–H groups in total. The Morgan fingerprint density at radius 2 is 0.804 bits per heavy atom. The quantitative estimate of drug-likeness (QED) is 0.155. The second-order valence-electron chi connectivity index (χ2n) is 14.9. The normalized spacial score (nSPS) is 12.8. The molecule has 0 saturated heterocycles. The third-order valence-corrected chi connectivity index (χ3v) is 11.9. The summed E-state index contributed by atoms with van der Waals surface area (Å²) in [5.41, 5.74) is 12.9. The number of hydrogen-bond acceptors (Lipinski definition) is 1. The molecular weight excluding hydrogens is 675 g/mol. The lowest BCUT2D eigenvalue weighted by atomic mass is 9.67. The van der Waals surface area contributed by atoms with Crippen molar-refractivity contribution >= 4 is 49.4 Å². The van der Waals surface area contributed by atoms with Gasteiger partial charge in [-0.15, -0.1) is 0 Å². The van der Waals surface area contributed by atoms with Gasteiger partial charge in [-0.2, -0.15) is 0 Å². The molecule has 0 heterocycles. The fraction of sp³-hybridized carbons (Fsp3) is 0.0182. The second kappa shape index (κ2) is 13.0. The Labute approximate surface area is 327 Å². The van der Waals surface area contributed by atoms with E-state index in [1.54, 1.807) is 0 Å². The molecule has 0 spiro atoms. The van der Waals surface area contributed by atoms with Crippen LogP contribution in [0.25, 0.3) is 54.6 Å². The Morgan fingerprint density at radius 1 is 0.286 bits per heavy atom. The molecule has 56 heavy (non-hydrogen) atoms. The summed E-state index contributed by atoms with van der Waals surface area (Å²) >= 11 is 0. The lowest BCUT2D eigenvalue weighted by molar-refractivity contribution is 0.768. The number of rotatable bonds is 6. The van der Waals surface area contributed by atoms with E-state index in [1.807, 2.05) is 0 Å². The molecule has 10 aromatic rings. The summed E-state index contributed by atoms with van der Waals surface area (Å²) in [5.74, 6) is 0. The van der Waals surface area contributed by atoms with Gasteiger partial charge in [0.1, 0.15) is 0 Å². The van der Waals surface area contributed by atoms with E-state index in [9.17, 15) is 0 Å². The van der Waals surface area contributed by atoms with E-state index < -0.39 is 5.41 Å². The van der Waals surface area contributed by atoms with Gasteiger partial charge in [-0.05, 0) is 119 Å². The zero-order chi connectivity index (χ0) is 37.1. The number of benzene rings is 10. The summed E-state index contributed by atoms with van der Waals surface area (Å²) in [4.78, 5) is 2.44. The molecule has 1 heteroatoms. The van der Waals surface area contributed by atoms with Crippen LogP contribution < -0.4 is 4.90 Å². The molecule has 1 aliphatic carbocycles. The van der Waals surface area contributed by atoms with Crippen molar-refractivity contribution in [2.24, 2.45) is 0 Å². The van der Waals surface area contributed by atoms with Gasteiger partial charge in [0.25, 0.3) is 0 Å². The summed E-state index contributed by atoms with van der Waals surface area (Å²) in [7, 11) is 0. The van der Waals surface area contributed by atoms with E-state index >= 15 is 0 Å². The predicted octanol–water partition coefficient (Wildman–Crippen LogP) is 14.6. The summed E-state index contributed by atoms with van der Waals surface area (Å²) in [6.07, 6.45) is 0. The molecule has 0 atom stereocenters. The molecule has 0 radical (unpaired) electrons. The Balaban J connectivity index is 1.14. The van der Waals surface area contributed by atoms with Crippen LogP contribution in [0.15, 0.2) is 224 Å². The topological polar surface area (TPSA) is 3.24 Å². The highest BCUT2D eigenvalue weighted by Crippen LogP contribution is 2.57. The zero-order valence-corrected chi connectivity index (χ0v) is 30.8. The van der Waals surface area contributed by atoms with Gasteiger partial charge in [0.05, 0.1) is 5.41 Å². The predicted molar refractivity (Wildman–Crippen MR) is 236 cm³/mol. The van der Waals surface area contributed by atoms with Crippen molar-refractivity contribution in [3.63, 3.8) is 0 Å². The second-order valence-corrected chi connectivity index (χ2v) is 14.9. The largest absolute Gasteiger partial charge is 0.310 e. The summed E-state index contributed by atoms with van der Waals surface area (Å²) in [6.45, 7) is 0. The smallest absolute Gasteiger partial charge is 0.0714 e. The molecule has 0 amide bonds. The van der Waals surface area contributed by atoms with Crippen LogP contribution in [-0.4, -0.2) is 0 Å². The summed E-state index contributed by atoms with van der Waals surface area (Å²) in [6, 6.07) is 82.7. The van der Waals surface area contributed by atoms with Gasteiger partial charge in [-0.1, -0.05) is 182 Å². The minimum Gasteiger partial charge on any atom is -0.310 e. The van der Waals surface area contributed by atoms with Gasteiger partial charge >= 0.3 is 0 Å². The first-order chi connectivity index (χ1) is 27.8. The van der Waals surface area contributed by atoms with Crippen LogP contribution in [0.1, 0.15) is 22.3 Å². The van der Waals surface area contributed by atoms with Gasteiger partial charge in [0.2, 0.25) is 0 Å². The highest BCUT2D eigenvalue weighted by Gasteiger charge is 2.46. The number of hydrogen-bond donors (Lipinski definition) is 0. The van der Waals surface area contributed by atoms with E-state index in [4.69, 9.17) is 0 Å². The standard InChI is InChI=1S/C55H37N/c1-3-16-44(17-4-1)55(45-18-5-2-6-19-45)53-22-12-11-21-50(53)51-34-33-48(37-54(51)55)56(47-32-29-41-25-24-40-14-9-10-20-49(40)52(41)36-47)46-30-27-39(28-31-46)43-26-23-38-13-7-8-15-42(38)35-43/h1-37H. The van der Waals surface area contributed by atoms with Gasteiger partial charge in [-0.25, -0.2) is 0 Å². The first kappa shape index (κ1) is 32.2. The van der Waals surface area contributed by atoms with Crippen molar-refractivity contribution in [1.82, 2.24) is 0 Å². The van der Waals surface area contributed by atoms with Crippen LogP contribution >= 0.6 is 0 Å². The maximum absolute atomic E-state index is 2.46. The van der Waals surface area contributed by atoms with Crippen LogP contribution in [0.3, 0.4) is 0 Å². The Hall–Kier alpha value is -7.22. The van der Waals surface area contributed by atoms with Crippen molar-refractivity contribution < 1.29 is 0 Å². The van der Waals surface area contributed by atoms with Crippen molar-refractivity contribution in [3.8, 4) is 22.3 Å². The fourth-order valence-corrected chi connectivity index (χ4v) is 9.32. The third kappa shape index (κ3) is 5.02. The molecule has 262 valence electrons. The van der Waals surface area contributed by atoms with Crippen molar-refractivity contribution in [2.75, 3.05) is 4.90 Å². The maximum atomic E-state index is 2.46. The minimum absolute atomic E-state index is 0.490. The maximum Gasteiger partial charge on any atom is 0.0714 e. The van der Waals surface area contributed by atoms with Crippen LogP contribution in [-0.2, 0) is 5.41 Å². The zero-order valence-electron chi connectivity index (χ0n) is 30.8. The fourth-order valence-electron chi connectivity index (χ4n) is 9.32. The summed E-state index contributed by atoms with van der Waals surface area (Å²) < 4.78 is 0. The van der Waals surface area contributed by atoms with Crippen molar-refractivity contribution in [2.45, 2.75) is 5.41 Å². The average Bonchev–Trinajstić information content (AvgIpc) is 3.57. The number of nitrogens with zero attached hydrogens (tertiary/aromatic N) is 1. The molecule has 1 nitrogen and oxygen atoms in total. The van der Waals surface area contributed by atoms with Crippen LogP contribution in [0.5, 0.6) is 0 Å². The molecular formula is C55H37N. The first-order valence-corrected chi connectivity index (χ1v) is 19.4. The molecule has 0 fully saturated rings. The van der Waals surface area contributed by atoms with E-state index in [1.165, 1.54) is 76.8 Å². The molecule has 0 aromatic heterocycles. The molecule has 0 unspecified atom stereocenters. The van der Waals surface area contributed by atoms with Gasteiger partial charge in [0, 0.05) is 17.1 Å². The molecule has 11 rings (SSSR count). The van der Waals surface area contributed by atoms with Gasteiger partial charge in [-0.3, -0.25) is 0 Å². The van der Waals surface area contributed by atoms with Gasteiger partial charge in [0.15, 0.2) is 0 Å². The molecule has 1 aliphatic rings. The van der Waals surface area contributed by atoms with E-state index in [0.29, 0.717) is 0 Å². The highest BCUT2D eigenvalue weighted by atomic mass is 15.1. The lowest BCUT2D eigenvalue weighted by Crippen LogP contribution is -2.28.